The van der Waals surface area contributed by atoms with Crippen molar-refractivity contribution in [3.63, 3.8) is 0 Å². The minimum Gasteiger partial charge on any atom is -0.483 e. The van der Waals surface area contributed by atoms with Crippen molar-refractivity contribution in [2.75, 3.05) is 11.9 Å². The Kier molecular flexibility index (Phi) is 8.23. The van der Waals surface area contributed by atoms with Crippen LogP contribution in [0.2, 0.25) is 0 Å². The highest BCUT2D eigenvalue weighted by molar-refractivity contribution is 7.18. The van der Waals surface area contributed by atoms with Gasteiger partial charge in [-0.2, -0.15) is 0 Å². The first kappa shape index (κ1) is 25.9. The molecule has 0 fully saturated rings. The zero-order valence-electron chi connectivity index (χ0n) is 19.4. The first-order chi connectivity index (χ1) is 16.6. The van der Waals surface area contributed by atoms with E-state index >= 15 is 0 Å². The number of anilines is 1. The summed E-state index contributed by atoms with van der Waals surface area (Å²) in [5.41, 5.74) is 0.367. The minimum atomic E-state index is -0.874. The van der Waals surface area contributed by atoms with E-state index in [1.54, 1.807) is 27.7 Å². The maximum absolute atomic E-state index is 13.7. The summed E-state index contributed by atoms with van der Waals surface area (Å²) in [4.78, 5) is 37.9. The summed E-state index contributed by atoms with van der Waals surface area (Å²) in [5.74, 6) is -3.72. The third kappa shape index (κ3) is 6.24. The van der Waals surface area contributed by atoms with Crippen LogP contribution in [0.4, 0.5) is 13.8 Å². The molecule has 11 heteroatoms. The SMILES string of the molecule is CCOC(=O)c1sc(NC(=O)c2ccc(COc3ccc(F)cc3F)o2)c(C(=O)OC(C)C)c1C. The van der Waals surface area contributed by atoms with Gasteiger partial charge in [0.25, 0.3) is 5.91 Å². The van der Waals surface area contributed by atoms with Crippen LogP contribution < -0.4 is 10.1 Å². The molecule has 0 atom stereocenters. The molecule has 0 aliphatic carbocycles. The number of thiophene rings is 1. The van der Waals surface area contributed by atoms with Gasteiger partial charge in [0.1, 0.15) is 28.1 Å². The second kappa shape index (κ2) is 11.1. The van der Waals surface area contributed by atoms with Gasteiger partial charge in [0.2, 0.25) is 0 Å². The Hall–Kier alpha value is -3.73. The lowest BCUT2D eigenvalue weighted by atomic mass is 10.1. The monoisotopic (exact) mass is 507 g/mol. The summed E-state index contributed by atoms with van der Waals surface area (Å²) >= 11 is 0.884. The molecule has 0 saturated carbocycles. The zero-order valence-corrected chi connectivity index (χ0v) is 20.2. The average Bonchev–Trinajstić information content (AvgIpc) is 3.37. The van der Waals surface area contributed by atoms with Crippen molar-refractivity contribution in [1.82, 2.24) is 0 Å². The van der Waals surface area contributed by atoms with Crippen molar-refractivity contribution in [2.24, 2.45) is 0 Å². The number of nitrogens with one attached hydrogen (secondary N) is 1. The van der Waals surface area contributed by atoms with Crippen LogP contribution in [0.25, 0.3) is 0 Å². The summed E-state index contributed by atoms with van der Waals surface area (Å²) in [6.45, 7) is 6.49. The van der Waals surface area contributed by atoms with Crippen LogP contribution in [0, 0.1) is 18.6 Å². The predicted molar refractivity (Wildman–Crippen MR) is 123 cm³/mol. The number of ether oxygens (including phenoxy) is 3. The van der Waals surface area contributed by atoms with Crippen LogP contribution in [0.1, 0.15) is 62.7 Å². The van der Waals surface area contributed by atoms with E-state index in [0.717, 1.165) is 23.5 Å². The average molecular weight is 508 g/mol. The van der Waals surface area contributed by atoms with Gasteiger partial charge >= 0.3 is 11.9 Å². The molecule has 1 N–H and O–H groups in total. The van der Waals surface area contributed by atoms with E-state index in [1.807, 2.05) is 0 Å². The predicted octanol–water partition coefficient (Wildman–Crippen LogP) is 5.50. The molecule has 0 bridgehead atoms. The van der Waals surface area contributed by atoms with Crippen molar-refractivity contribution >= 4 is 34.2 Å². The standard InChI is InChI=1S/C24H23F2NO7S/c1-5-31-24(30)20-13(4)19(23(29)33-12(2)3)22(35-20)27-21(28)18-9-7-15(34-18)11-32-17-8-6-14(25)10-16(17)26/h6-10,12H,5,11H2,1-4H3,(H,27,28). The number of esters is 2. The topological polar surface area (TPSA) is 104 Å². The molecule has 8 nitrogen and oxygen atoms in total. The molecule has 0 saturated heterocycles. The van der Waals surface area contributed by atoms with Gasteiger partial charge in [-0.1, -0.05) is 0 Å². The summed E-state index contributed by atoms with van der Waals surface area (Å²) in [6, 6.07) is 5.70. The molecule has 0 aliphatic heterocycles. The molecular formula is C24H23F2NO7S. The number of carbonyl (C=O) groups is 3. The normalized spacial score (nSPS) is 10.8. The molecule has 1 aromatic carbocycles. The molecule has 0 aliphatic rings. The fraction of sp³-hybridized carbons (Fsp3) is 0.292. The third-order valence-electron chi connectivity index (χ3n) is 4.53. The molecule has 3 rings (SSSR count). The van der Waals surface area contributed by atoms with E-state index in [-0.39, 0.29) is 45.9 Å². The molecule has 186 valence electrons. The minimum absolute atomic E-state index is 0.0435. The van der Waals surface area contributed by atoms with Gasteiger partial charge in [-0.25, -0.2) is 18.4 Å². The fourth-order valence-electron chi connectivity index (χ4n) is 3.00. The summed E-state index contributed by atoms with van der Waals surface area (Å²) < 4.78 is 47.8. The van der Waals surface area contributed by atoms with Crippen molar-refractivity contribution in [1.29, 1.82) is 0 Å². The first-order valence-electron chi connectivity index (χ1n) is 10.6. The number of amides is 1. The maximum atomic E-state index is 13.7. The Morgan fingerprint density at radius 1 is 1.11 bits per heavy atom. The molecule has 2 aromatic heterocycles. The van der Waals surface area contributed by atoms with E-state index in [2.05, 4.69) is 5.32 Å². The van der Waals surface area contributed by atoms with Crippen molar-refractivity contribution < 1.29 is 41.8 Å². The Bertz CT molecular complexity index is 1250. The summed E-state index contributed by atoms with van der Waals surface area (Å²) in [7, 11) is 0. The Balaban J connectivity index is 1.78. The van der Waals surface area contributed by atoms with Gasteiger partial charge in [0.15, 0.2) is 17.3 Å². The third-order valence-corrected chi connectivity index (χ3v) is 5.72. The molecule has 1 amide bonds. The number of hydrogen-bond acceptors (Lipinski definition) is 8. The van der Waals surface area contributed by atoms with Crippen LogP contribution in [0.15, 0.2) is 34.7 Å². The van der Waals surface area contributed by atoms with E-state index in [0.29, 0.717) is 11.6 Å². The number of benzene rings is 1. The van der Waals surface area contributed by atoms with Crippen LogP contribution in [-0.4, -0.2) is 30.6 Å². The van der Waals surface area contributed by atoms with E-state index in [1.165, 1.54) is 12.1 Å². The van der Waals surface area contributed by atoms with Gasteiger partial charge in [-0.3, -0.25) is 4.79 Å². The zero-order chi connectivity index (χ0) is 25.7. The molecule has 0 spiro atoms. The summed E-state index contributed by atoms with van der Waals surface area (Å²) in [5, 5.41) is 2.68. The Labute approximate surface area is 203 Å². The van der Waals surface area contributed by atoms with E-state index < -0.39 is 35.6 Å². The molecule has 0 unspecified atom stereocenters. The molecular weight excluding hydrogens is 484 g/mol. The largest absolute Gasteiger partial charge is 0.483 e. The molecule has 0 radical (unpaired) electrons. The number of rotatable bonds is 9. The lowest BCUT2D eigenvalue weighted by Crippen LogP contribution is -2.16. The highest BCUT2D eigenvalue weighted by atomic mass is 32.1. The van der Waals surface area contributed by atoms with Gasteiger partial charge in [-0.15, -0.1) is 11.3 Å². The van der Waals surface area contributed by atoms with Crippen LogP contribution >= 0.6 is 11.3 Å². The number of furan rings is 1. The van der Waals surface area contributed by atoms with Gasteiger partial charge in [0, 0.05) is 6.07 Å². The smallest absolute Gasteiger partial charge is 0.348 e. The number of carbonyl (C=O) groups excluding carboxylic acids is 3. The highest BCUT2D eigenvalue weighted by Crippen LogP contribution is 2.35. The van der Waals surface area contributed by atoms with Gasteiger partial charge < -0.3 is 23.9 Å². The first-order valence-corrected chi connectivity index (χ1v) is 11.4. The summed E-state index contributed by atoms with van der Waals surface area (Å²) in [6.07, 6.45) is -0.421. The van der Waals surface area contributed by atoms with Crippen LogP contribution in [-0.2, 0) is 16.1 Å². The second-order valence-corrected chi connectivity index (χ2v) is 8.54. The van der Waals surface area contributed by atoms with Crippen LogP contribution in [0.5, 0.6) is 5.75 Å². The lowest BCUT2D eigenvalue weighted by molar-refractivity contribution is 0.0379. The lowest BCUT2D eigenvalue weighted by Gasteiger charge is -2.10. The van der Waals surface area contributed by atoms with Gasteiger partial charge in [-0.05, 0) is 57.5 Å². The second-order valence-electron chi connectivity index (χ2n) is 7.52. The Morgan fingerprint density at radius 3 is 2.51 bits per heavy atom. The van der Waals surface area contributed by atoms with Crippen molar-refractivity contribution in [3.05, 3.63) is 69.5 Å². The molecule has 2 heterocycles. The van der Waals surface area contributed by atoms with E-state index in [9.17, 15) is 23.2 Å². The number of halogens is 2. The van der Waals surface area contributed by atoms with Gasteiger partial charge in [0.05, 0.1) is 18.3 Å². The van der Waals surface area contributed by atoms with Crippen molar-refractivity contribution in [3.8, 4) is 5.75 Å². The quantitative estimate of drug-likeness (QED) is 0.381. The highest BCUT2D eigenvalue weighted by Gasteiger charge is 2.28. The fourth-order valence-corrected chi connectivity index (χ4v) is 4.08. The van der Waals surface area contributed by atoms with Crippen LogP contribution in [0.3, 0.4) is 0 Å². The molecule has 3 aromatic rings. The van der Waals surface area contributed by atoms with E-state index in [4.69, 9.17) is 18.6 Å². The maximum Gasteiger partial charge on any atom is 0.348 e. The Morgan fingerprint density at radius 2 is 1.86 bits per heavy atom. The number of hydrogen-bond donors (Lipinski definition) is 1. The van der Waals surface area contributed by atoms with Crippen molar-refractivity contribution in [2.45, 2.75) is 40.4 Å². The molecule has 35 heavy (non-hydrogen) atoms.